The lowest BCUT2D eigenvalue weighted by Crippen LogP contribution is -2.44. The summed E-state index contributed by atoms with van der Waals surface area (Å²) in [5, 5.41) is 9.39. The summed E-state index contributed by atoms with van der Waals surface area (Å²) < 4.78 is 0. The van der Waals surface area contributed by atoms with Gasteiger partial charge >= 0.3 is 0 Å². The highest BCUT2D eigenvalue weighted by molar-refractivity contribution is 6.31. The SMILES string of the molecule is CCN(CC)C(=O)C(Cl)C(O)C1CCCCC1. The number of alkyl halides is 1. The molecule has 0 heterocycles. The van der Waals surface area contributed by atoms with Gasteiger partial charge in [-0.05, 0) is 32.6 Å². The molecule has 0 aromatic heterocycles. The first kappa shape index (κ1) is 14.8. The van der Waals surface area contributed by atoms with Gasteiger partial charge < -0.3 is 10.0 Å². The van der Waals surface area contributed by atoms with E-state index in [2.05, 4.69) is 0 Å². The molecule has 17 heavy (non-hydrogen) atoms. The molecule has 0 radical (unpaired) electrons. The Morgan fingerprint density at radius 2 is 1.82 bits per heavy atom. The van der Waals surface area contributed by atoms with Crippen molar-refractivity contribution in [2.75, 3.05) is 13.1 Å². The number of halogens is 1. The molecule has 4 heteroatoms. The summed E-state index contributed by atoms with van der Waals surface area (Å²) in [5.41, 5.74) is 0. The molecule has 1 rings (SSSR count). The van der Waals surface area contributed by atoms with Crippen LogP contribution in [-0.2, 0) is 4.79 Å². The van der Waals surface area contributed by atoms with E-state index < -0.39 is 11.5 Å². The average Bonchev–Trinajstić information content (AvgIpc) is 2.39. The summed E-state index contributed by atoms with van der Waals surface area (Å²) in [6, 6.07) is 0. The monoisotopic (exact) mass is 261 g/mol. The molecule has 0 aliphatic heterocycles. The second-order valence-corrected chi connectivity index (χ2v) is 5.27. The van der Waals surface area contributed by atoms with E-state index in [9.17, 15) is 9.90 Å². The second kappa shape index (κ2) is 7.22. The van der Waals surface area contributed by atoms with Crippen molar-refractivity contribution in [1.29, 1.82) is 0 Å². The van der Waals surface area contributed by atoms with Crippen LogP contribution < -0.4 is 0 Å². The first-order valence-electron chi connectivity index (χ1n) is 6.72. The van der Waals surface area contributed by atoms with Crippen LogP contribution in [0.3, 0.4) is 0 Å². The number of aliphatic hydroxyl groups is 1. The Morgan fingerprint density at radius 1 is 1.29 bits per heavy atom. The van der Waals surface area contributed by atoms with Gasteiger partial charge in [0.2, 0.25) is 5.91 Å². The third kappa shape index (κ3) is 3.85. The Labute approximate surface area is 109 Å². The van der Waals surface area contributed by atoms with Crippen LogP contribution in [0.4, 0.5) is 0 Å². The summed E-state index contributed by atoms with van der Waals surface area (Å²) >= 11 is 6.13. The summed E-state index contributed by atoms with van der Waals surface area (Å²) in [5.74, 6) is 0.0699. The number of carbonyl (C=O) groups is 1. The lowest BCUT2D eigenvalue weighted by molar-refractivity contribution is -0.133. The Hall–Kier alpha value is -0.280. The van der Waals surface area contributed by atoms with Crippen LogP contribution in [0, 0.1) is 5.92 Å². The second-order valence-electron chi connectivity index (χ2n) is 4.80. The van der Waals surface area contributed by atoms with Gasteiger partial charge in [-0.1, -0.05) is 19.3 Å². The highest BCUT2D eigenvalue weighted by Gasteiger charge is 2.33. The topological polar surface area (TPSA) is 40.5 Å². The number of hydrogen-bond acceptors (Lipinski definition) is 2. The Balaban J connectivity index is 2.54. The fourth-order valence-corrected chi connectivity index (χ4v) is 2.91. The first-order chi connectivity index (χ1) is 8.11. The molecule has 3 nitrogen and oxygen atoms in total. The fraction of sp³-hybridized carbons (Fsp3) is 0.923. The van der Waals surface area contributed by atoms with Gasteiger partial charge in [-0.25, -0.2) is 0 Å². The van der Waals surface area contributed by atoms with Crippen LogP contribution in [0.2, 0.25) is 0 Å². The van der Waals surface area contributed by atoms with Gasteiger partial charge in [0.1, 0.15) is 5.38 Å². The van der Waals surface area contributed by atoms with E-state index in [4.69, 9.17) is 11.6 Å². The van der Waals surface area contributed by atoms with Crippen molar-refractivity contribution < 1.29 is 9.90 Å². The normalized spacial score (nSPS) is 20.9. The quantitative estimate of drug-likeness (QED) is 0.772. The van der Waals surface area contributed by atoms with E-state index in [1.165, 1.54) is 6.42 Å². The van der Waals surface area contributed by atoms with Gasteiger partial charge in [0.05, 0.1) is 6.10 Å². The van der Waals surface area contributed by atoms with E-state index in [0.29, 0.717) is 13.1 Å². The fourth-order valence-electron chi connectivity index (χ4n) is 2.57. The van der Waals surface area contributed by atoms with Crippen LogP contribution in [0.5, 0.6) is 0 Å². The number of hydrogen-bond donors (Lipinski definition) is 1. The number of aliphatic hydroxyl groups excluding tert-OH is 1. The van der Waals surface area contributed by atoms with Crippen molar-refractivity contribution in [1.82, 2.24) is 4.90 Å². The first-order valence-corrected chi connectivity index (χ1v) is 7.16. The molecule has 0 spiro atoms. The number of nitrogens with zero attached hydrogens (tertiary/aromatic N) is 1. The predicted octanol–water partition coefficient (Wildman–Crippen LogP) is 2.40. The zero-order chi connectivity index (χ0) is 12.8. The van der Waals surface area contributed by atoms with Gasteiger partial charge in [-0.15, -0.1) is 11.6 Å². The van der Waals surface area contributed by atoms with Crippen molar-refractivity contribution in [3.8, 4) is 0 Å². The zero-order valence-corrected chi connectivity index (χ0v) is 11.6. The molecule has 0 bridgehead atoms. The van der Waals surface area contributed by atoms with E-state index >= 15 is 0 Å². The number of rotatable bonds is 5. The van der Waals surface area contributed by atoms with Crippen LogP contribution >= 0.6 is 11.6 Å². The van der Waals surface area contributed by atoms with Crippen LogP contribution in [0.15, 0.2) is 0 Å². The maximum Gasteiger partial charge on any atom is 0.243 e. The molecule has 0 aromatic carbocycles. The van der Waals surface area contributed by atoms with Gasteiger partial charge in [0, 0.05) is 13.1 Å². The lowest BCUT2D eigenvalue weighted by atomic mass is 9.84. The van der Waals surface area contributed by atoms with Gasteiger partial charge in [0.15, 0.2) is 0 Å². The summed E-state index contributed by atoms with van der Waals surface area (Å²) in [4.78, 5) is 13.7. The minimum atomic E-state index is -0.780. The molecular formula is C13H24ClNO2. The molecule has 100 valence electrons. The lowest BCUT2D eigenvalue weighted by Gasteiger charge is -2.31. The highest BCUT2D eigenvalue weighted by atomic mass is 35.5. The number of carbonyl (C=O) groups excluding carboxylic acids is 1. The zero-order valence-electron chi connectivity index (χ0n) is 10.9. The molecule has 1 amide bonds. The Morgan fingerprint density at radius 3 is 2.29 bits per heavy atom. The molecule has 1 aliphatic carbocycles. The van der Waals surface area contributed by atoms with Crippen molar-refractivity contribution in [2.24, 2.45) is 5.92 Å². The summed E-state index contributed by atoms with van der Waals surface area (Å²) in [6.45, 7) is 5.15. The van der Waals surface area contributed by atoms with Crippen molar-refractivity contribution in [3.05, 3.63) is 0 Å². The van der Waals surface area contributed by atoms with E-state index in [-0.39, 0.29) is 11.8 Å². The molecule has 2 atom stereocenters. The van der Waals surface area contributed by atoms with E-state index in [0.717, 1.165) is 25.7 Å². The highest BCUT2D eigenvalue weighted by Crippen LogP contribution is 2.29. The summed E-state index contributed by atoms with van der Waals surface area (Å²) in [6.07, 6.45) is 4.83. The van der Waals surface area contributed by atoms with Gasteiger partial charge in [-0.3, -0.25) is 4.79 Å². The van der Waals surface area contributed by atoms with Crippen LogP contribution in [-0.4, -0.2) is 40.5 Å². The summed E-state index contributed by atoms with van der Waals surface area (Å²) in [7, 11) is 0. The molecule has 1 aliphatic rings. The minimum absolute atomic E-state index is 0.130. The Bertz CT molecular complexity index is 238. The van der Waals surface area contributed by atoms with Crippen molar-refractivity contribution in [3.63, 3.8) is 0 Å². The minimum Gasteiger partial charge on any atom is -0.391 e. The molecular weight excluding hydrogens is 238 g/mol. The number of amides is 1. The molecule has 1 fully saturated rings. The van der Waals surface area contributed by atoms with Crippen molar-refractivity contribution >= 4 is 17.5 Å². The molecule has 0 saturated heterocycles. The van der Waals surface area contributed by atoms with Crippen LogP contribution in [0.1, 0.15) is 46.0 Å². The van der Waals surface area contributed by atoms with Gasteiger partial charge in [-0.2, -0.15) is 0 Å². The molecule has 2 unspecified atom stereocenters. The molecule has 1 saturated carbocycles. The van der Waals surface area contributed by atoms with Gasteiger partial charge in [0.25, 0.3) is 0 Å². The third-order valence-corrected chi connectivity index (χ3v) is 4.19. The van der Waals surface area contributed by atoms with Crippen LogP contribution in [0.25, 0.3) is 0 Å². The van der Waals surface area contributed by atoms with E-state index in [1.807, 2.05) is 13.8 Å². The third-order valence-electron chi connectivity index (χ3n) is 3.74. The maximum absolute atomic E-state index is 12.0. The Kier molecular flexibility index (Phi) is 6.28. The largest absolute Gasteiger partial charge is 0.391 e. The maximum atomic E-state index is 12.0. The average molecular weight is 262 g/mol. The van der Waals surface area contributed by atoms with Crippen molar-refractivity contribution in [2.45, 2.75) is 57.4 Å². The molecule has 1 N–H and O–H groups in total. The van der Waals surface area contributed by atoms with E-state index in [1.54, 1.807) is 4.90 Å². The standard InChI is InChI=1S/C13H24ClNO2/c1-3-15(4-2)13(17)11(14)12(16)10-8-6-5-7-9-10/h10-12,16H,3-9H2,1-2H3. The predicted molar refractivity (Wildman–Crippen MR) is 70.2 cm³/mol. The molecule has 0 aromatic rings. The smallest absolute Gasteiger partial charge is 0.243 e.